The Balaban J connectivity index is 2.10. The molecule has 98 valence electrons. The molecule has 1 aromatic heterocycles. The lowest BCUT2D eigenvalue weighted by atomic mass is 10.0. The molecule has 0 saturated carbocycles. The summed E-state index contributed by atoms with van der Waals surface area (Å²) in [6.45, 7) is 2.95. The average molecular weight is 286 g/mol. The Hall–Kier alpha value is -0.770. The molecule has 0 spiro atoms. The van der Waals surface area contributed by atoms with Gasteiger partial charge in [-0.1, -0.05) is 30.1 Å². The van der Waals surface area contributed by atoms with E-state index in [-0.39, 0.29) is 0 Å². The van der Waals surface area contributed by atoms with Crippen molar-refractivity contribution in [2.75, 3.05) is 6.54 Å². The topological polar surface area (TPSA) is 54.7 Å². The molecule has 1 aromatic carbocycles. The largest absolute Gasteiger partial charge is 0.342 e. The average Bonchev–Trinajstić information content (AvgIpc) is 2.69. The van der Waals surface area contributed by atoms with E-state index in [1.165, 1.54) is 0 Å². The van der Waals surface area contributed by atoms with Crippen LogP contribution in [0.2, 0.25) is 10.0 Å². The summed E-state index contributed by atoms with van der Waals surface area (Å²) in [6.07, 6.45) is 3.06. The van der Waals surface area contributed by atoms with Crippen LogP contribution in [0.25, 0.3) is 11.0 Å². The molecule has 0 aliphatic carbocycles. The van der Waals surface area contributed by atoms with Crippen LogP contribution >= 0.6 is 23.2 Å². The first-order chi connectivity index (χ1) is 8.60. The van der Waals surface area contributed by atoms with Crippen molar-refractivity contribution < 1.29 is 0 Å². The second-order valence-electron chi connectivity index (χ2n) is 4.69. The Morgan fingerprint density at radius 3 is 2.72 bits per heavy atom. The minimum absolute atomic E-state index is 0.540. The number of H-pyrrole nitrogens is 1. The van der Waals surface area contributed by atoms with Crippen molar-refractivity contribution in [3.8, 4) is 0 Å². The molecular formula is C13H17Cl2N3. The van der Waals surface area contributed by atoms with Crippen LogP contribution in [0.1, 0.15) is 25.6 Å². The van der Waals surface area contributed by atoms with Gasteiger partial charge in [-0.25, -0.2) is 4.98 Å². The highest BCUT2D eigenvalue weighted by molar-refractivity contribution is 6.42. The Morgan fingerprint density at radius 2 is 2.00 bits per heavy atom. The van der Waals surface area contributed by atoms with Gasteiger partial charge in [-0.15, -0.1) is 0 Å². The number of aromatic amines is 1. The van der Waals surface area contributed by atoms with Crippen LogP contribution in [0.15, 0.2) is 12.1 Å². The summed E-state index contributed by atoms with van der Waals surface area (Å²) in [6, 6.07) is 3.61. The number of nitrogens with zero attached hydrogens (tertiary/aromatic N) is 1. The summed E-state index contributed by atoms with van der Waals surface area (Å²) in [4.78, 5) is 7.79. The predicted octanol–water partition coefficient (Wildman–Crippen LogP) is 3.79. The molecule has 5 heteroatoms. The van der Waals surface area contributed by atoms with Crippen LogP contribution in [-0.4, -0.2) is 16.5 Å². The van der Waals surface area contributed by atoms with Crippen molar-refractivity contribution in [1.82, 2.24) is 9.97 Å². The van der Waals surface area contributed by atoms with Gasteiger partial charge in [0.1, 0.15) is 5.82 Å². The van der Waals surface area contributed by atoms with Gasteiger partial charge in [0.25, 0.3) is 0 Å². The molecule has 1 unspecified atom stereocenters. The van der Waals surface area contributed by atoms with Crippen LogP contribution < -0.4 is 5.73 Å². The molecule has 2 aromatic rings. The van der Waals surface area contributed by atoms with Crippen molar-refractivity contribution >= 4 is 34.2 Å². The third kappa shape index (κ3) is 3.16. The minimum atomic E-state index is 0.540. The molecule has 1 atom stereocenters. The van der Waals surface area contributed by atoms with Gasteiger partial charge in [0.05, 0.1) is 21.1 Å². The van der Waals surface area contributed by atoms with E-state index in [0.29, 0.717) is 16.0 Å². The van der Waals surface area contributed by atoms with E-state index >= 15 is 0 Å². The number of nitrogens with two attached hydrogens (primary N) is 1. The molecule has 0 radical (unpaired) electrons. The number of halogens is 2. The number of benzene rings is 1. The Labute approximate surface area is 117 Å². The monoisotopic (exact) mass is 285 g/mol. The van der Waals surface area contributed by atoms with Crippen molar-refractivity contribution in [3.05, 3.63) is 28.0 Å². The second-order valence-corrected chi connectivity index (χ2v) is 5.50. The molecule has 0 fully saturated rings. The molecule has 0 aliphatic heterocycles. The highest BCUT2D eigenvalue weighted by Gasteiger charge is 2.08. The fraction of sp³-hybridized carbons (Fsp3) is 0.462. The lowest BCUT2D eigenvalue weighted by molar-refractivity contribution is 0.495. The molecule has 1 heterocycles. The first kappa shape index (κ1) is 13.7. The maximum Gasteiger partial charge on any atom is 0.107 e. The van der Waals surface area contributed by atoms with E-state index in [9.17, 15) is 0 Å². The van der Waals surface area contributed by atoms with E-state index in [1.807, 2.05) is 6.07 Å². The van der Waals surface area contributed by atoms with Gasteiger partial charge in [0, 0.05) is 6.42 Å². The minimum Gasteiger partial charge on any atom is -0.342 e. The number of aryl methyl sites for hydroxylation is 1. The third-order valence-corrected chi connectivity index (χ3v) is 3.83. The van der Waals surface area contributed by atoms with E-state index in [1.54, 1.807) is 6.07 Å². The number of nitrogens with one attached hydrogen (secondary N) is 1. The first-order valence-corrected chi connectivity index (χ1v) is 6.89. The van der Waals surface area contributed by atoms with Crippen molar-refractivity contribution in [2.24, 2.45) is 11.7 Å². The van der Waals surface area contributed by atoms with Gasteiger partial charge in [0.2, 0.25) is 0 Å². The Kier molecular flexibility index (Phi) is 4.49. The summed E-state index contributed by atoms with van der Waals surface area (Å²) in [5.74, 6) is 1.60. The Morgan fingerprint density at radius 1 is 1.28 bits per heavy atom. The third-order valence-electron chi connectivity index (χ3n) is 3.11. The quantitative estimate of drug-likeness (QED) is 0.878. The summed E-state index contributed by atoms with van der Waals surface area (Å²) in [7, 11) is 0. The van der Waals surface area contributed by atoms with Gasteiger partial charge in [0.15, 0.2) is 0 Å². The zero-order valence-electron chi connectivity index (χ0n) is 10.3. The van der Waals surface area contributed by atoms with Gasteiger partial charge in [-0.05, 0) is 37.4 Å². The highest BCUT2D eigenvalue weighted by Crippen LogP contribution is 2.26. The van der Waals surface area contributed by atoms with Crippen molar-refractivity contribution in [2.45, 2.75) is 26.2 Å². The van der Waals surface area contributed by atoms with Crippen molar-refractivity contribution in [1.29, 1.82) is 0 Å². The molecule has 3 N–H and O–H groups in total. The summed E-state index contributed by atoms with van der Waals surface area (Å²) in [5, 5.41) is 1.09. The second kappa shape index (κ2) is 5.91. The zero-order valence-corrected chi connectivity index (χ0v) is 11.9. The van der Waals surface area contributed by atoms with Gasteiger partial charge < -0.3 is 10.7 Å². The standard InChI is InChI=1S/C13H17Cl2N3/c1-8(4-5-16)2-3-13-17-11-6-9(14)10(15)7-12(11)18-13/h6-8H,2-5,16H2,1H3,(H,17,18). The highest BCUT2D eigenvalue weighted by atomic mass is 35.5. The molecule has 3 nitrogen and oxygen atoms in total. The van der Waals surface area contributed by atoms with Gasteiger partial charge in [-0.3, -0.25) is 0 Å². The number of fused-ring (bicyclic) bond motifs is 1. The maximum atomic E-state index is 5.97. The lowest BCUT2D eigenvalue weighted by Crippen LogP contribution is -2.06. The van der Waals surface area contributed by atoms with Gasteiger partial charge >= 0.3 is 0 Å². The number of rotatable bonds is 5. The molecule has 2 rings (SSSR count). The number of aromatic nitrogens is 2. The Bertz CT molecular complexity index is 497. The van der Waals surface area contributed by atoms with Crippen LogP contribution in [0.3, 0.4) is 0 Å². The number of imidazole rings is 1. The SMILES string of the molecule is CC(CCN)CCc1nc2cc(Cl)c(Cl)cc2[nH]1. The summed E-state index contributed by atoms with van der Waals surface area (Å²) < 4.78 is 0. The lowest BCUT2D eigenvalue weighted by Gasteiger charge is -2.07. The molecule has 0 amide bonds. The number of hydrogen-bond donors (Lipinski definition) is 2. The molecule has 18 heavy (non-hydrogen) atoms. The van der Waals surface area contributed by atoms with Crippen LogP contribution in [0.4, 0.5) is 0 Å². The van der Waals surface area contributed by atoms with Crippen LogP contribution in [0, 0.1) is 5.92 Å². The smallest absolute Gasteiger partial charge is 0.107 e. The van der Waals surface area contributed by atoms with E-state index in [2.05, 4.69) is 16.9 Å². The molecule has 0 bridgehead atoms. The van der Waals surface area contributed by atoms with E-state index in [0.717, 1.165) is 42.7 Å². The fourth-order valence-corrected chi connectivity index (χ4v) is 2.31. The fourth-order valence-electron chi connectivity index (χ4n) is 1.99. The summed E-state index contributed by atoms with van der Waals surface area (Å²) in [5.41, 5.74) is 7.34. The molecular weight excluding hydrogens is 269 g/mol. The van der Waals surface area contributed by atoms with E-state index < -0.39 is 0 Å². The normalized spacial score (nSPS) is 13.1. The molecule has 0 saturated heterocycles. The maximum absolute atomic E-state index is 5.97. The van der Waals surface area contributed by atoms with Crippen LogP contribution in [-0.2, 0) is 6.42 Å². The van der Waals surface area contributed by atoms with Crippen LogP contribution in [0.5, 0.6) is 0 Å². The van der Waals surface area contributed by atoms with E-state index in [4.69, 9.17) is 28.9 Å². The van der Waals surface area contributed by atoms with Gasteiger partial charge in [-0.2, -0.15) is 0 Å². The first-order valence-electron chi connectivity index (χ1n) is 6.14. The molecule has 0 aliphatic rings. The zero-order chi connectivity index (χ0) is 13.1. The predicted molar refractivity (Wildman–Crippen MR) is 77.3 cm³/mol. The van der Waals surface area contributed by atoms with Crippen molar-refractivity contribution in [3.63, 3.8) is 0 Å². The number of hydrogen-bond acceptors (Lipinski definition) is 2. The summed E-state index contributed by atoms with van der Waals surface area (Å²) >= 11 is 11.9.